The van der Waals surface area contributed by atoms with Crippen LogP contribution in [0, 0.1) is 5.82 Å². The van der Waals surface area contributed by atoms with E-state index in [1.807, 2.05) is 6.08 Å². The fraction of sp³-hybridized carbons (Fsp3) is 0.357. The zero-order valence-electron chi connectivity index (χ0n) is 21.0. The van der Waals surface area contributed by atoms with Crippen LogP contribution >= 0.6 is 0 Å². The number of H-pyrrole nitrogens is 1. The molecule has 0 spiro atoms. The van der Waals surface area contributed by atoms with Crippen molar-refractivity contribution in [2.75, 3.05) is 26.7 Å². The Bertz CT molecular complexity index is 1390. The summed E-state index contributed by atoms with van der Waals surface area (Å²) in [5.74, 6) is -0.675. The summed E-state index contributed by atoms with van der Waals surface area (Å²) in [7, 11) is 1.41. The lowest BCUT2D eigenvalue weighted by Gasteiger charge is -2.42. The zero-order chi connectivity index (χ0) is 26.3. The second kappa shape index (κ2) is 9.55. The molecule has 3 heterocycles. The summed E-state index contributed by atoms with van der Waals surface area (Å²) in [4.78, 5) is 33.8. The number of methoxy groups -OCH3 is 1. The van der Waals surface area contributed by atoms with E-state index in [1.54, 1.807) is 48.2 Å². The van der Waals surface area contributed by atoms with Gasteiger partial charge in [0.05, 0.1) is 7.11 Å². The van der Waals surface area contributed by atoms with Crippen LogP contribution < -0.4 is 10.1 Å². The highest BCUT2D eigenvalue weighted by atomic mass is 19.1. The minimum atomic E-state index is -1.22. The molecule has 0 bridgehead atoms. The molecule has 3 amide bonds. The Hall–Kier alpha value is -3.85. The van der Waals surface area contributed by atoms with Crippen molar-refractivity contribution in [3.05, 3.63) is 71.7 Å². The maximum atomic E-state index is 15.5. The SMILES string of the molecule is C=CCCNCCCN1C(=O)N2[C@H](c3cccc(O)c3)c3[nH]c4ccc(OC)c(F)c4c3C[C@@]2(C)C1=O. The van der Waals surface area contributed by atoms with Gasteiger partial charge < -0.3 is 20.1 Å². The molecular formula is C28H31FN4O4. The van der Waals surface area contributed by atoms with Gasteiger partial charge in [0.2, 0.25) is 0 Å². The Kier molecular flexibility index (Phi) is 6.41. The van der Waals surface area contributed by atoms with E-state index in [0.717, 1.165) is 13.0 Å². The number of carbonyl (C=O) groups is 2. The van der Waals surface area contributed by atoms with Gasteiger partial charge in [-0.2, -0.15) is 0 Å². The minimum Gasteiger partial charge on any atom is -0.508 e. The van der Waals surface area contributed by atoms with E-state index >= 15 is 4.39 Å². The van der Waals surface area contributed by atoms with Gasteiger partial charge in [-0.15, -0.1) is 6.58 Å². The lowest BCUT2D eigenvalue weighted by molar-refractivity contribution is -0.133. The maximum Gasteiger partial charge on any atom is 0.328 e. The number of nitrogens with one attached hydrogen (secondary N) is 2. The molecule has 2 aliphatic heterocycles. The van der Waals surface area contributed by atoms with Crippen LogP contribution in [0.25, 0.3) is 10.9 Å². The number of fused-ring (bicyclic) bond motifs is 4. The van der Waals surface area contributed by atoms with Crippen molar-refractivity contribution >= 4 is 22.8 Å². The number of benzene rings is 2. The van der Waals surface area contributed by atoms with Crippen LogP contribution in [-0.2, 0) is 11.2 Å². The average molecular weight is 507 g/mol. The summed E-state index contributed by atoms with van der Waals surface area (Å²) >= 11 is 0. The molecule has 5 rings (SSSR count). The first-order valence-electron chi connectivity index (χ1n) is 12.4. The number of phenols is 1. The number of aromatic nitrogens is 1. The van der Waals surface area contributed by atoms with Crippen molar-refractivity contribution in [3.63, 3.8) is 0 Å². The highest BCUT2D eigenvalue weighted by Crippen LogP contribution is 2.49. The quantitative estimate of drug-likeness (QED) is 0.229. The Morgan fingerprint density at radius 1 is 1.30 bits per heavy atom. The monoisotopic (exact) mass is 506 g/mol. The molecule has 1 aromatic heterocycles. The molecule has 0 unspecified atom stereocenters. The van der Waals surface area contributed by atoms with Gasteiger partial charge in [-0.05, 0) is 68.2 Å². The van der Waals surface area contributed by atoms with Crippen molar-refractivity contribution < 1.29 is 23.8 Å². The summed E-state index contributed by atoms with van der Waals surface area (Å²) < 4.78 is 20.7. The second-order valence-electron chi connectivity index (χ2n) is 9.76. The van der Waals surface area contributed by atoms with Crippen LogP contribution in [0.5, 0.6) is 11.5 Å². The van der Waals surface area contributed by atoms with Crippen molar-refractivity contribution in [1.29, 1.82) is 0 Å². The topological polar surface area (TPSA) is 97.9 Å². The van der Waals surface area contributed by atoms with E-state index in [2.05, 4.69) is 16.9 Å². The molecule has 0 aliphatic carbocycles. The Labute approximate surface area is 214 Å². The molecule has 3 N–H and O–H groups in total. The maximum absolute atomic E-state index is 15.5. The first-order chi connectivity index (χ1) is 17.8. The summed E-state index contributed by atoms with van der Waals surface area (Å²) in [5.41, 5.74) is 1.22. The number of aromatic hydroxyl groups is 1. The van der Waals surface area contributed by atoms with Crippen LogP contribution in [0.4, 0.5) is 9.18 Å². The third-order valence-electron chi connectivity index (χ3n) is 7.40. The van der Waals surface area contributed by atoms with E-state index < -0.39 is 23.4 Å². The Morgan fingerprint density at radius 3 is 2.84 bits per heavy atom. The molecule has 0 radical (unpaired) electrons. The molecular weight excluding hydrogens is 475 g/mol. The van der Waals surface area contributed by atoms with Gasteiger partial charge in [0.1, 0.15) is 17.3 Å². The van der Waals surface area contributed by atoms with E-state index in [1.165, 1.54) is 12.0 Å². The molecule has 2 atom stereocenters. The van der Waals surface area contributed by atoms with Crippen LogP contribution in [0.15, 0.2) is 49.1 Å². The van der Waals surface area contributed by atoms with Gasteiger partial charge in [0.15, 0.2) is 11.6 Å². The number of carbonyl (C=O) groups excluding carboxylic acids is 2. The minimum absolute atomic E-state index is 0.0377. The molecule has 2 aliphatic rings. The number of aromatic amines is 1. The van der Waals surface area contributed by atoms with E-state index in [4.69, 9.17) is 4.74 Å². The molecule has 1 fully saturated rings. The number of hydrogen-bond acceptors (Lipinski definition) is 5. The van der Waals surface area contributed by atoms with Gasteiger partial charge in [-0.25, -0.2) is 9.18 Å². The average Bonchev–Trinajstić information content (AvgIpc) is 3.33. The number of halogens is 1. The molecule has 194 valence electrons. The van der Waals surface area contributed by atoms with Gasteiger partial charge in [0.25, 0.3) is 5.91 Å². The molecule has 0 saturated carbocycles. The number of imide groups is 1. The molecule has 2 aromatic carbocycles. The fourth-order valence-corrected chi connectivity index (χ4v) is 5.64. The molecule has 8 nitrogen and oxygen atoms in total. The number of amides is 3. The number of ether oxygens (including phenoxy) is 1. The molecule has 9 heteroatoms. The molecule has 1 saturated heterocycles. The van der Waals surface area contributed by atoms with Crippen molar-refractivity contribution in [1.82, 2.24) is 20.1 Å². The number of nitrogens with zero attached hydrogens (tertiary/aromatic N) is 2. The summed E-state index contributed by atoms with van der Waals surface area (Å²) in [6.07, 6.45) is 3.43. The van der Waals surface area contributed by atoms with Crippen molar-refractivity contribution in [2.45, 2.75) is 37.8 Å². The predicted molar refractivity (Wildman–Crippen MR) is 138 cm³/mol. The van der Waals surface area contributed by atoms with Crippen LogP contribution in [0.3, 0.4) is 0 Å². The third kappa shape index (κ3) is 3.94. The van der Waals surface area contributed by atoms with Gasteiger partial charge in [0, 0.05) is 29.6 Å². The van der Waals surface area contributed by atoms with Crippen LogP contribution in [0.2, 0.25) is 0 Å². The largest absolute Gasteiger partial charge is 0.508 e. The fourth-order valence-electron chi connectivity index (χ4n) is 5.64. The van der Waals surface area contributed by atoms with E-state index in [0.29, 0.717) is 40.7 Å². The summed E-state index contributed by atoms with van der Waals surface area (Å²) in [6, 6.07) is 8.78. The normalized spacial score (nSPS) is 20.9. The van der Waals surface area contributed by atoms with E-state index in [9.17, 15) is 14.7 Å². The number of urea groups is 1. The lowest BCUT2D eigenvalue weighted by atomic mass is 9.81. The number of rotatable bonds is 9. The van der Waals surface area contributed by atoms with Crippen LogP contribution in [-0.4, -0.2) is 64.1 Å². The Morgan fingerprint density at radius 2 is 2.11 bits per heavy atom. The standard InChI is InChI=1S/C28H31FN4O4/c1-4-5-12-30-13-7-14-32-26(35)28(2)16-19-22-20(10-11-21(37-3)23(22)29)31-24(19)25(33(28)27(32)36)17-8-6-9-18(34)15-17/h4,6,8-11,15,25,30-31,34H,1,5,7,12-14,16H2,2-3H3/t25-,28+/m1/s1. The van der Waals surface area contributed by atoms with Crippen molar-refractivity contribution in [2.24, 2.45) is 0 Å². The first-order valence-corrected chi connectivity index (χ1v) is 12.4. The first kappa shape index (κ1) is 24.8. The summed E-state index contributed by atoms with van der Waals surface area (Å²) in [6.45, 7) is 7.16. The van der Waals surface area contributed by atoms with Gasteiger partial charge >= 0.3 is 6.03 Å². The number of phenolic OH excluding ortho intramolecular Hbond substituents is 1. The highest BCUT2D eigenvalue weighted by Gasteiger charge is 2.60. The predicted octanol–water partition coefficient (Wildman–Crippen LogP) is 4.25. The molecule has 3 aromatic rings. The lowest BCUT2D eigenvalue weighted by Crippen LogP contribution is -2.53. The highest BCUT2D eigenvalue weighted by molar-refractivity contribution is 6.08. The zero-order valence-corrected chi connectivity index (χ0v) is 21.0. The summed E-state index contributed by atoms with van der Waals surface area (Å²) in [5, 5.41) is 13.9. The van der Waals surface area contributed by atoms with E-state index in [-0.39, 0.29) is 30.4 Å². The van der Waals surface area contributed by atoms with Crippen LogP contribution in [0.1, 0.15) is 42.6 Å². The third-order valence-corrected chi connectivity index (χ3v) is 7.40. The van der Waals surface area contributed by atoms with Gasteiger partial charge in [-0.3, -0.25) is 14.6 Å². The number of hydrogen-bond donors (Lipinski definition) is 3. The smallest absolute Gasteiger partial charge is 0.328 e. The Balaban J connectivity index is 1.59. The molecule has 37 heavy (non-hydrogen) atoms. The van der Waals surface area contributed by atoms with Gasteiger partial charge in [-0.1, -0.05) is 18.2 Å². The second-order valence-corrected chi connectivity index (χ2v) is 9.76. The van der Waals surface area contributed by atoms with Crippen molar-refractivity contribution in [3.8, 4) is 11.5 Å².